The van der Waals surface area contributed by atoms with Crippen molar-refractivity contribution in [2.45, 2.75) is 51.8 Å². The second-order valence-electron chi connectivity index (χ2n) is 3.36. The van der Waals surface area contributed by atoms with Crippen molar-refractivity contribution in [1.82, 2.24) is 0 Å². The lowest BCUT2D eigenvalue weighted by Crippen LogP contribution is -2.21. The molecule has 70 valence electrons. The van der Waals surface area contributed by atoms with Gasteiger partial charge in [0.2, 0.25) is 0 Å². The Hall–Kier alpha value is -0.220. The molecular formula is C10H18ClN. The van der Waals surface area contributed by atoms with E-state index in [1.165, 1.54) is 0 Å². The van der Waals surface area contributed by atoms with Crippen LogP contribution in [-0.4, -0.2) is 5.38 Å². The largest absolute Gasteiger partial charge is 0.197 e. The van der Waals surface area contributed by atoms with Gasteiger partial charge in [-0.15, -0.1) is 11.6 Å². The third-order valence-corrected chi connectivity index (χ3v) is 3.25. The maximum absolute atomic E-state index is 8.60. The van der Waals surface area contributed by atoms with Crippen molar-refractivity contribution in [2.75, 3.05) is 0 Å². The zero-order valence-corrected chi connectivity index (χ0v) is 8.99. The van der Waals surface area contributed by atoms with E-state index in [4.69, 9.17) is 16.9 Å². The summed E-state index contributed by atoms with van der Waals surface area (Å²) < 4.78 is 0. The van der Waals surface area contributed by atoms with Crippen LogP contribution in [-0.2, 0) is 0 Å². The summed E-state index contributed by atoms with van der Waals surface area (Å²) in [6.45, 7) is 6.52. The lowest BCUT2D eigenvalue weighted by atomic mass is 9.76. The highest BCUT2D eigenvalue weighted by Crippen LogP contribution is 2.36. The van der Waals surface area contributed by atoms with Gasteiger partial charge in [0, 0.05) is 0 Å². The van der Waals surface area contributed by atoms with E-state index in [9.17, 15) is 0 Å². The molecule has 0 spiro atoms. The van der Waals surface area contributed by atoms with E-state index in [1.54, 1.807) is 0 Å². The summed E-state index contributed by atoms with van der Waals surface area (Å²) in [7, 11) is 0. The van der Waals surface area contributed by atoms with Crippen LogP contribution in [0.3, 0.4) is 0 Å². The van der Waals surface area contributed by atoms with E-state index in [0.29, 0.717) is 5.41 Å². The SMILES string of the molecule is CCC(CC)(CC)CC(Cl)C#N. The lowest BCUT2D eigenvalue weighted by molar-refractivity contribution is 0.233. The topological polar surface area (TPSA) is 23.8 Å². The Labute approximate surface area is 80.7 Å². The summed E-state index contributed by atoms with van der Waals surface area (Å²) in [5, 5.41) is 8.29. The van der Waals surface area contributed by atoms with Crippen molar-refractivity contribution in [3.05, 3.63) is 0 Å². The van der Waals surface area contributed by atoms with Crippen LogP contribution in [0.5, 0.6) is 0 Å². The minimum Gasteiger partial charge on any atom is -0.197 e. The molecule has 0 rings (SSSR count). The predicted molar refractivity (Wildman–Crippen MR) is 53.2 cm³/mol. The molecule has 0 radical (unpaired) electrons. The fourth-order valence-electron chi connectivity index (χ4n) is 1.61. The van der Waals surface area contributed by atoms with Crippen molar-refractivity contribution < 1.29 is 0 Å². The highest BCUT2D eigenvalue weighted by atomic mass is 35.5. The van der Waals surface area contributed by atoms with Gasteiger partial charge in [-0.25, -0.2) is 0 Å². The molecule has 0 amide bonds. The number of alkyl halides is 1. The van der Waals surface area contributed by atoms with Crippen molar-refractivity contribution in [2.24, 2.45) is 5.41 Å². The molecule has 0 aromatic heterocycles. The average Bonchev–Trinajstić information content (AvgIpc) is 2.14. The number of nitrogens with zero attached hydrogens (tertiary/aromatic N) is 1. The summed E-state index contributed by atoms with van der Waals surface area (Å²) in [5.74, 6) is 0. The molecule has 0 heterocycles. The Morgan fingerprint density at radius 3 is 1.92 bits per heavy atom. The number of halogens is 1. The normalized spacial score (nSPS) is 13.9. The Kier molecular flexibility index (Phi) is 5.33. The van der Waals surface area contributed by atoms with Crippen LogP contribution in [0.1, 0.15) is 46.5 Å². The van der Waals surface area contributed by atoms with Gasteiger partial charge in [0.05, 0.1) is 6.07 Å². The third-order valence-electron chi connectivity index (χ3n) is 3.00. The molecule has 0 N–H and O–H groups in total. The van der Waals surface area contributed by atoms with Crippen LogP contribution in [0.25, 0.3) is 0 Å². The summed E-state index contributed by atoms with van der Waals surface area (Å²) in [6.07, 6.45) is 4.18. The number of nitriles is 1. The molecule has 2 heteroatoms. The summed E-state index contributed by atoms with van der Waals surface area (Å²) >= 11 is 5.82. The van der Waals surface area contributed by atoms with Gasteiger partial charge in [0.15, 0.2) is 0 Å². The van der Waals surface area contributed by atoms with Gasteiger partial charge in [0.1, 0.15) is 5.38 Å². The molecule has 1 unspecified atom stereocenters. The fraction of sp³-hybridized carbons (Fsp3) is 0.900. The molecular weight excluding hydrogens is 170 g/mol. The van der Waals surface area contributed by atoms with E-state index >= 15 is 0 Å². The Morgan fingerprint density at radius 1 is 1.25 bits per heavy atom. The molecule has 0 saturated carbocycles. The molecule has 1 nitrogen and oxygen atoms in total. The van der Waals surface area contributed by atoms with Gasteiger partial charge in [-0.2, -0.15) is 5.26 Å². The van der Waals surface area contributed by atoms with Crippen molar-refractivity contribution in [1.29, 1.82) is 5.26 Å². The third kappa shape index (κ3) is 3.03. The summed E-state index contributed by atoms with van der Waals surface area (Å²) in [5.41, 5.74) is 0.294. The van der Waals surface area contributed by atoms with E-state index in [-0.39, 0.29) is 5.38 Å². The molecule has 0 aromatic rings. The van der Waals surface area contributed by atoms with Crippen molar-refractivity contribution >= 4 is 11.6 Å². The molecule has 0 bridgehead atoms. The van der Waals surface area contributed by atoms with E-state index in [0.717, 1.165) is 25.7 Å². The lowest BCUT2D eigenvalue weighted by Gasteiger charge is -2.30. The van der Waals surface area contributed by atoms with Crippen LogP contribution >= 0.6 is 11.6 Å². The van der Waals surface area contributed by atoms with Crippen LogP contribution in [0.15, 0.2) is 0 Å². The fourth-order valence-corrected chi connectivity index (χ4v) is 1.94. The molecule has 0 aliphatic carbocycles. The van der Waals surface area contributed by atoms with E-state index in [2.05, 4.69) is 26.8 Å². The first-order chi connectivity index (χ1) is 5.64. The smallest absolute Gasteiger partial charge is 0.121 e. The minimum atomic E-state index is -0.315. The Morgan fingerprint density at radius 2 is 1.67 bits per heavy atom. The standard InChI is InChI=1S/C10H18ClN/c1-4-10(5-2,6-3)7-9(11)8-12/h9H,4-7H2,1-3H3. The van der Waals surface area contributed by atoms with Crippen LogP contribution in [0.2, 0.25) is 0 Å². The van der Waals surface area contributed by atoms with Crippen molar-refractivity contribution in [3.63, 3.8) is 0 Å². The highest BCUT2D eigenvalue weighted by Gasteiger charge is 2.26. The number of hydrogen-bond donors (Lipinski definition) is 0. The zero-order chi connectivity index (χ0) is 9.61. The van der Waals surface area contributed by atoms with Crippen LogP contribution in [0, 0.1) is 16.7 Å². The van der Waals surface area contributed by atoms with Gasteiger partial charge < -0.3 is 0 Å². The quantitative estimate of drug-likeness (QED) is 0.602. The monoisotopic (exact) mass is 187 g/mol. The molecule has 0 fully saturated rings. The van der Waals surface area contributed by atoms with Gasteiger partial charge in [-0.3, -0.25) is 0 Å². The molecule has 0 saturated heterocycles. The number of hydrogen-bond acceptors (Lipinski definition) is 1. The summed E-state index contributed by atoms with van der Waals surface area (Å²) in [6, 6.07) is 2.09. The van der Waals surface area contributed by atoms with Gasteiger partial charge in [0.25, 0.3) is 0 Å². The average molecular weight is 188 g/mol. The first kappa shape index (κ1) is 11.8. The van der Waals surface area contributed by atoms with E-state index < -0.39 is 0 Å². The van der Waals surface area contributed by atoms with Gasteiger partial charge >= 0.3 is 0 Å². The second kappa shape index (κ2) is 5.43. The molecule has 0 aliphatic heterocycles. The predicted octanol–water partition coefficient (Wildman–Crippen LogP) is 3.72. The Bertz CT molecular complexity index is 147. The van der Waals surface area contributed by atoms with Gasteiger partial charge in [-0.05, 0) is 11.8 Å². The van der Waals surface area contributed by atoms with E-state index in [1.807, 2.05) is 0 Å². The highest BCUT2D eigenvalue weighted by molar-refractivity contribution is 6.22. The minimum absolute atomic E-state index is 0.294. The molecule has 12 heavy (non-hydrogen) atoms. The molecule has 0 aromatic carbocycles. The first-order valence-electron chi connectivity index (χ1n) is 4.67. The maximum atomic E-state index is 8.60. The first-order valence-corrected chi connectivity index (χ1v) is 5.11. The van der Waals surface area contributed by atoms with Crippen LogP contribution in [0.4, 0.5) is 0 Å². The molecule has 1 atom stereocenters. The van der Waals surface area contributed by atoms with Gasteiger partial charge in [-0.1, -0.05) is 40.0 Å². The second-order valence-corrected chi connectivity index (χ2v) is 3.89. The zero-order valence-electron chi connectivity index (χ0n) is 8.23. The Balaban J connectivity index is 4.22. The maximum Gasteiger partial charge on any atom is 0.121 e. The molecule has 0 aliphatic rings. The van der Waals surface area contributed by atoms with Crippen LogP contribution < -0.4 is 0 Å². The number of rotatable bonds is 5. The summed E-state index contributed by atoms with van der Waals surface area (Å²) in [4.78, 5) is 0. The van der Waals surface area contributed by atoms with Crippen molar-refractivity contribution in [3.8, 4) is 6.07 Å².